The molecule has 0 bridgehead atoms. The van der Waals surface area contributed by atoms with Gasteiger partial charge < -0.3 is 4.42 Å². The van der Waals surface area contributed by atoms with Crippen LogP contribution in [0.2, 0.25) is 0 Å². The first-order valence-corrected chi connectivity index (χ1v) is 16.1. The van der Waals surface area contributed by atoms with Gasteiger partial charge in [0.2, 0.25) is 0 Å². The van der Waals surface area contributed by atoms with Gasteiger partial charge >= 0.3 is 0 Å². The summed E-state index contributed by atoms with van der Waals surface area (Å²) in [7, 11) is 0.778. The average molecular weight is 858 g/mol. The second kappa shape index (κ2) is 20.4. The molecule has 198 valence electrons. The summed E-state index contributed by atoms with van der Waals surface area (Å²) in [6.07, 6.45) is 3.07. The number of hydrogen-bond donors (Lipinski definition) is 0. The maximum Gasteiger partial charge on any atom is 0 e. The summed E-state index contributed by atoms with van der Waals surface area (Å²) < 4.78 is 4.53. The van der Waals surface area contributed by atoms with E-state index in [1.807, 2.05) is 0 Å². The van der Waals surface area contributed by atoms with E-state index in [2.05, 4.69) is 106 Å². The van der Waals surface area contributed by atoms with Crippen molar-refractivity contribution in [3.05, 3.63) is 83.8 Å². The molecular formula is C29H47Ir2OP2-. The van der Waals surface area contributed by atoms with Gasteiger partial charge in [0.25, 0.3) is 0 Å². The standard InChI is InChI=1S/2C10H15.C5H14P2.C4H3O.2Ir/c2*1-6-7(2)9(4)10(5)8(6)3;1-6(2)5-7(3)4;1-2-4-5-3-1;;/h2*1-5H3;5H2,1-4H3;1,3-4H;;/q;;;-1;;. The van der Waals surface area contributed by atoms with Gasteiger partial charge in [-0.1, -0.05) is 75.5 Å². The van der Waals surface area contributed by atoms with Crippen molar-refractivity contribution in [3.8, 4) is 0 Å². The largest absolute Gasteiger partial charge is 0.576 e. The second-order valence-corrected chi connectivity index (χ2v) is 14.7. The first kappa shape index (κ1) is 39.9. The number of rotatable bonds is 2. The van der Waals surface area contributed by atoms with Crippen LogP contribution in [-0.4, -0.2) is 32.6 Å². The van der Waals surface area contributed by atoms with Crippen LogP contribution in [0.5, 0.6) is 0 Å². The Bertz CT molecular complexity index is 424. The minimum atomic E-state index is 0. The van der Waals surface area contributed by atoms with E-state index in [0.29, 0.717) is 15.8 Å². The minimum Gasteiger partial charge on any atom is -0.576 e. The summed E-state index contributed by atoms with van der Waals surface area (Å²) in [5.41, 5.74) is 0. The van der Waals surface area contributed by atoms with Crippen LogP contribution in [0, 0.1) is 65.2 Å². The van der Waals surface area contributed by atoms with Crippen LogP contribution in [0.25, 0.3) is 0 Å². The molecule has 2 aliphatic carbocycles. The third-order valence-corrected chi connectivity index (χ3v) is 11.1. The SMILES string of the molecule is CP(C)CP(C)C.C[C]1[C](C)[C](C)[C](C)[C]1C.C[C]1[C](C)[C](C)[C](C)[C]1C.[Ir].[Ir].[c-]1ccoc1. The smallest absolute Gasteiger partial charge is 0 e. The normalized spacial score (nSPS) is 20.2. The zero-order valence-electron chi connectivity index (χ0n) is 23.9. The van der Waals surface area contributed by atoms with Crippen LogP contribution < -0.4 is 0 Å². The molecule has 0 atom stereocenters. The van der Waals surface area contributed by atoms with Crippen molar-refractivity contribution in [1.82, 2.24) is 0 Å². The first-order chi connectivity index (χ1) is 14.7. The topological polar surface area (TPSA) is 13.1 Å². The van der Waals surface area contributed by atoms with Crippen molar-refractivity contribution < 1.29 is 44.6 Å². The molecule has 0 spiro atoms. The molecular weight excluding hydrogens is 811 g/mol. The van der Waals surface area contributed by atoms with Crippen LogP contribution in [0.1, 0.15) is 69.2 Å². The van der Waals surface area contributed by atoms with Crippen LogP contribution in [0.4, 0.5) is 0 Å². The molecule has 1 heterocycles. The maximum atomic E-state index is 4.53. The van der Waals surface area contributed by atoms with Crippen molar-refractivity contribution in [2.24, 2.45) is 0 Å². The summed E-state index contributed by atoms with van der Waals surface area (Å²) in [5, 5.41) is 0. The van der Waals surface area contributed by atoms with Crippen LogP contribution >= 0.6 is 15.8 Å². The van der Waals surface area contributed by atoms with E-state index in [-0.39, 0.29) is 40.2 Å². The monoisotopic (exact) mass is 859 g/mol. The molecule has 0 amide bonds. The Labute approximate surface area is 244 Å². The Kier molecular flexibility index (Phi) is 24.0. The fourth-order valence-corrected chi connectivity index (χ4v) is 8.10. The van der Waals surface area contributed by atoms with Crippen molar-refractivity contribution in [2.45, 2.75) is 69.2 Å². The molecule has 0 N–H and O–H groups in total. The predicted octanol–water partition coefficient (Wildman–Crippen LogP) is 9.45. The maximum absolute atomic E-state index is 4.53. The quantitative estimate of drug-likeness (QED) is 0.214. The minimum absolute atomic E-state index is 0. The molecule has 2 fully saturated rings. The average Bonchev–Trinajstić information content (AvgIpc) is 3.41. The number of hydrogen-bond acceptors (Lipinski definition) is 1. The molecule has 2 saturated carbocycles. The van der Waals surface area contributed by atoms with Crippen molar-refractivity contribution >= 4 is 15.8 Å². The molecule has 2 aliphatic rings. The van der Waals surface area contributed by atoms with E-state index in [1.165, 1.54) is 71.3 Å². The van der Waals surface area contributed by atoms with Gasteiger partial charge in [0, 0.05) is 40.2 Å². The van der Waals surface area contributed by atoms with Crippen molar-refractivity contribution in [3.63, 3.8) is 0 Å². The summed E-state index contributed by atoms with van der Waals surface area (Å²) >= 11 is 0. The molecule has 1 nitrogen and oxygen atoms in total. The summed E-state index contributed by atoms with van der Waals surface area (Å²) in [6.45, 7) is 31.4. The van der Waals surface area contributed by atoms with Gasteiger partial charge in [-0.05, 0) is 98.0 Å². The Morgan fingerprint density at radius 2 is 0.765 bits per heavy atom. The molecule has 1 aromatic rings. The Hall–Kier alpha value is 1.44. The van der Waals surface area contributed by atoms with Gasteiger partial charge in [0.15, 0.2) is 0 Å². The van der Waals surface area contributed by atoms with Crippen LogP contribution in [0.15, 0.2) is 23.0 Å². The van der Waals surface area contributed by atoms with Gasteiger partial charge in [-0.15, -0.1) is 15.8 Å². The van der Waals surface area contributed by atoms with Crippen LogP contribution in [0.3, 0.4) is 0 Å². The predicted molar refractivity (Wildman–Crippen MR) is 149 cm³/mol. The molecule has 5 heteroatoms. The van der Waals surface area contributed by atoms with Gasteiger partial charge in [0.1, 0.15) is 0 Å². The molecule has 34 heavy (non-hydrogen) atoms. The van der Waals surface area contributed by atoms with Crippen LogP contribution in [-0.2, 0) is 40.2 Å². The molecule has 0 aromatic carbocycles. The Morgan fingerprint density at radius 1 is 0.529 bits per heavy atom. The van der Waals surface area contributed by atoms with Gasteiger partial charge in [-0.3, -0.25) is 0 Å². The Morgan fingerprint density at radius 3 is 0.824 bits per heavy atom. The second-order valence-electron chi connectivity index (χ2n) is 9.27. The van der Waals surface area contributed by atoms with E-state index in [1.54, 1.807) is 12.3 Å². The van der Waals surface area contributed by atoms with Crippen molar-refractivity contribution in [2.75, 3.05) is 32.6 Å². The zero-order valence-corrected chi connectivity index (χ0v) is 30.5. The third kappa shape index (κ3) is 13.8. The zero-order chi connectivity index (χ0) is 25.2. The van der Waals surface area contributed by atoms with E-state index < -0.39 is 0 Å². The fraction of sp³-hybridized carbons (Fsp3) is 0.517. The summed E-state index contributed by atoms with van der Waals surface area (Å²) in [6, 6.07) is 4.40. The molecule has 0 aliphatic heterocycles. The number of furan rings is 1. The van der Waals surface area contributed by atoms with E-state index in [9.17, 15) is 0 Å². The Balaban J connectivity index is -0.000000381. The first-order valence-electron chi connectivity index (χ1n) is 11.3. The van der Waals surface area contributed by atoms with Gasteiger partial charge in [0.05, 0.1) is 0 Å². The summed E-state index contributed by atoms with van der Waals surface area (Å²) in [5.74, 6) is 16.2. The van der Waals surface area contributed by atoms with E-state index in [0.717, 1.165) is 0 Å². The third-order valence-electron chi connectivity index (χ3n) is 6.57. The van der Waals surface area contributed by atoms with Crippen molar-refractivity contribution in [1.29, 1.82) is 0 Å². The summed E-state index contributed by atoms with van der Waals surface area (Å²) in [4.78, 5) is 0. The fourth-order valence-electron chi connectivity index (χ4n) is 3.57. The molecule has 12 radical (unpaired) electrons. The molecule has 1 aromatic heterocycles. The van der Waals surface area contributed by atoms with Gasteiger partial charge in [-0.2, -0.15) is 6.07 Å². The molecule has 0 saturated heterocycles. The van der Waals surface area contributed by atoms with Gasteiger partial charge in [-0.25, -0.2) is 6.07 Å². The van der Waals surface area contributed by atoms with E-state index in [4.69, 9.17) is 0 Å². The van der Waals surface area contributed by atoms with E-state index >= 15 is 0 Å². The molecule has 0 unspecified atom stereocenters. The molecule has 3 rings (SSSR count).